The number of rotatable bonds is 3. The molecule has 0 radical (unpaired) electrons. The lowest BCUT2D eigenvalue weighted by Gasteiger charge is -2.25. The van der Waals surface area contributed by atoms with Crippen LogP contribution in [0.3, 0.4) is 0 Å². The third kappa shape index (κ3) is 2.83. The topological polar surface area (TPSA) is 43.8 Å². The number of carbonyl (C=O) groups is 1. The van der Waals surface area contributed by atoms with Gasteiger partial charge in [0.2, 0.25) is 5.91 Å². The van der Waals surface area contributed by atoms with Crippen LogP contribution in [0.25, 0.3) is 0 Å². The van der Waals surface area contributed by atoms with Crippen LogP contribution < -0.4 is 0 Å². The summed E-state index contributed by atoms with van der Waals surface area (Å²) in [6.07, 6.45) is 2.51. The van der Waals surface area contributed by atoms with Crippen LogP contribution in [0.2, 0.25) is 0 Å². The van der Waals surface area contributed by atoms with Gasteiger partial charge in [-0.25, -0.2) is 0 Å². The first-order chi connectivity index (χ1) is 9.24. The summed E-state index contributed by atoms with van der Waals surface area (Å²) in [5.74, 6) is 0.138. The summed E-state index contributed by atoms with van der Waals surface area (Å²) in [5, 5.41) is 14.2. The predicted octanol–water partition coefficient (Wildman–Crippen LogP) is 0.958. The zero-order valence-corrected chi connectivity index (χ0v) is 11.8. The molecule has 1 amide bonds. The second kappa shape index (κ2) is 5.61. The van der Waals surface area contributed by atoms with Crippen molar-refractivity contribution < 1.29 is 9.90 Å². The molecule has 0 spiro atoms. The molecule has 1 aromatic rings. The van der Waals surface area contributed by atoms with Crippen molar-refractivity contribution >= 4 is 17.2 Å². The summed E-state index contributed by atoms with van der Waals surface area (Å²) in [7, 11) is 0. The van der Waals surface area contributed by atoms with Gasteiger partial charge in [-0.05, 0) is 48.3 Å². The summed E-state index contributed by atoms with van der Waals surface area (Å²) >= 11 is 1.62. The normalized spacial score (nSPS) is 28.2. The highest BCUT2D eigenvalue weighted by atomic mass is 32.1. The van der Waals surface area contributed by atoms with Gasteiger partial charge >= 0.3 is 0 Å². The van der Waals surface area contributed by atoms with Gasteiger partial charge in [0.05, 0.1) is 18.6 Å². The molecule has 0 bridgehead atoms. The standard InChI is InChI=1S/C14H20N2O2S/c17-13-9-16(8-12(13)15-4-1-2-5-15)14(18)7-11-3-6-19-10-11/h3,6,10,12-13,17H,1-2,4-5,7-9H2/t12-,13-/m0/s1. The van der Waals surface area contributed by atoms with E-state index < -0.39 is 0 Å². The van der Waals surface area contributed by atoms with Crippen LogP contribution >= 0.6 is 11.3 Å². The van der Waals surface area contributed by atoms with Crippen molar-refractivity contribution in [2.24, 2.45) is 0 Å². The van der Waals surface area contributed by atoms with Gasteiger partial charge in [0, 0.05) is 13.1 Å². The Bertz CT molecular complexity index is 429. The fourth-order valence-corrected chi connectivity index (χ4v) is 3.75. The molecule has 2 aliphatic heterocycles. The highest BCUT2D eigenvalue weighted by Gasteiger charge is 2.38. The number of nitrogens with zero attached hydrogens (tertiary/aromatic N) is 2. The largest absolute Gasteiger partial charge is 0.390 e. The maximum atomic E-state index is 12.2. The quantitative estimate of drug-likeness (QED) is 0.897. The van der Waals surface area contributed by atoms with E-state index in [0.717, 1.165) is 18.7 Å². The first kappa shape index (κ1) is 13.1. The molecule has 4 nitrogen and oxygen atoms in total. The lowest BCUT2D eigenvalue weighted by Crippen LogP contribution is -2.41. The Morgan fingerprint density at radius 3 is 2.84 bits per heavy atom. The van der Waals surface area contributed by atoms with E-state index in [2.05, 4.69) is 4.90 Å². The second-order valence-corrected chi connectivity index (χ2v) is 6.26. The summed E-state index contributed by atoms with van der Waals surface area (Å²) in [6, 6.07) is 2.14. The van der Waals surface area contributed by atoms with Crippen molar-refractivity contribution in [2.45, 2.75) is 31.4 Å². The minimum Gasteiger partial charge on any atom is -0.390 e. The fourth-order valence-electron chi connectivity index (χ4n) is 3.08. The van der Waals surface area contributed by atoms with E-state index in [-0.39, 0.29) is 18.1 Å². The fraction of sp³-hybridized carbons (Fsp3) is 0.643. The van der Waals surface area contributed by atoms with Gasteiger partial charge in [0.1, 0.15) is 0 Å². The monoisotopic (exact) mass is 280 g/mol. The van der Waals surface area contributed by atoms with Gasteiger partial charge in [0.15, 0.2) is 0 Å². The first-order valence-corrected chi connectivity index (χ1v) is 7.89. The maximum Gasteiger partial charge on any atom is 0.227 e. The van der Waals surface area contributed by atoms with E-state index in [4.69, 9.17) is 0 Å². The number of amides is 1. The number of hydrogen-bond donors (Lipinski definition) is 1. The van der Waals surface area contributed by atoms with E-state index in [1.807, 2.05) is 21.7 Å². The molecule has 0 unspecified atom stereocenters. The molecule has 3 heterocycles. The van der Waals surface area contributed by atoms with E-state index in [1.54, 1.807) is 11.3 Å². The van der Waals surface area contributed by atoms with Crippen molar-refractivity contribution in [3.63, 3.8) is 0 Å². The molecule has 104 valence electrons. The smallest absolute Gasteiger partial charge is 0.227 e. The molecule has 2 saturated heterocycles. The van der Waals surface area contributed by atoms with E-state index >= 15 is 0 Å². The summed E-state index contributed by atoms with van der Waals surface area (Å²) in [6.45, 7) is 3.30. The van der Waals surface area contributed by atoms with Crippen molar-refractivity contribution in [3.05, 3.63) is 22.4 Å². The van der Waals surface area contributed by atoms with Crippen LogP contribution in [0.5, 0.6) is 0 Å². The molecular formula is C14H20N2O2S. The highest BCUT2D eigenvalue weighted by molar-refractivity contribution is 7.07. The predicted molar refractivity (Wildman–Crippen MR) is 75.2 cm³/mol. The Morgan fingerprint density at radius 2 is 2.16 bits per heavy atom. The third-order valence-corrected chi connectivity index (χ3v) is 4.89. The lowest BCUT2D eigenvalue weighted by molar-refractivity contribution is -0.129. The van der Waals surface area contributed by atoms with Crippen LogP contribution in [-0.4, -0.2) is 59.1 Å². The molecule has 0 aromatic carbocycles. The molecule has 0 aliphatic carbocycles. The van der Waals surface area contributed by atoms with Crippen LogP contribution in [0.15, 0.2) is 16.8 Å². The summed E-state index contributed by atoms with van der Waals surface area (Å²) in [4.78, 5) is 16.4. The Hall–Kier alpha value is -0.910. The average molecular weight is 280 g/mol. The Kier molecular flexibility index (Phi) is 3.86. The van der Waals surface area contributed by atoms with Gasteiger partial charge in [0.25, 0.3) is 0 Å². The Morgan fingerprint density at radius 1 is 1.37 bits per heavy atom. The average Bonchev–Trinajstić information content (AvgIpc) is 3.07. The van der Waals surface area contributed by atoms with E-state index in [1.165, 1.54) is 12.8 Å². The summed E-state index contributed by atoms with van der Waals surface area (Å²) in [5.41, 5.74) is 1.08. The third-order valence-electron chi connectivity index (χ3n) is 4.16. The van der Waals surface area contributed by atoms with Crippen molar-refractivity contribution in [1.29, 1.82) is 0 Å². The molecule has 2 aliphatic rings. The van der Waals surface area contributed by atoms with E-state index in [0.29, 0.717) is 19.5 Å². The zero-order chi connectivity index (χ0) is 13.2. The van der Waals surface area contributed by atoms with Gasteiger partial charge in [-0.15, -0.1) is 0 Å². The number of carbonyl (C=O) groups excluding carboxylic acids is 1. The molecule has 19 heavy (non-hydrogen) atoms. The zero-order valence-electron chi connectivity index (χ0n) is 11.0. The molecule has 1 aromatic heterocycles. The maximum absolute atomic E-state index is 12.2. The van der Waals surface area contributed by atoms with Crippen molar-refractivity contribution in [3.8, 4) is 0 Å². The number of hydrogen-bond acceptors (Lipinski definition) is 4. The number of aliphatic hydroxyl groups is 1. The van der Waals surface area contributed by atoms with Crippen molar-refractivity contribution in [2.75, 3.05) is 26.2 Å². The number of aliphatic hydroxyl groups excluding tert-OH is 1. The van der Waals surface area contributed by atoms with E-state index in [9.17, 15) is 9.90 Å². The molecule has 2 atom stereocenters. The SMILES string of the molecule is O=C(Cc1ccsc1)N1C[C@H](O)[C@@H](N2CCCC2)C1. The number of thiophene rings is 1. The van der Waals surface area contributed by atoms with Gasteiger partial charge < -0.3 is 10.0 Å². The van der Waals surface area contributed by atoms with Gasteiger partial charge in [-0.2, -0.15) is 11.3 Å². The Labute approximate surface area is 117 Å². The van der Waals surface area contributed by atoms with Crippen LogP contribution in [0.1, 0.15) is 18.4 Å². The Balaban J connectivity index is 1.59. The summed E-state index contributed by atoms with van der Waals surface area (Å²) < 4.78 is 0. The molecule has 2 fully saturated rings. The molecule has 1 N–H and O–H groups in total. The lowest BCUT2D eigenvalue weighted by atomic mass is 10.2. The van der Waals surface area contributed by atoms with Crippen LogP contribution in [0, 0.1) is 0 Å². The van der Waals surface area contributed by atoms with Crippen LogP contribution in [0.4, 0.5) is 0 Å². The minimum atomic E-state index is -0.385. The van der Waals surface area contributed by atoms with Crippen LogP contribution in [-0.2, 0) is 11.2 Å². The van der Waals surface area contributed by atoms with Gasteiger partial charge in [-0.1, -0.05) is 0 Å². The number of likely N-dealkylation sites (tertiary alicyclic amines) is 2. The van der Waals surface area contributed by atoms with Crippen molar-refractivity contribution in [1.82, 2.24) is 9.80 Å². The first-order valence-electron chi connectivity index (χ1n) is 6.95. The minimum absolute atomic E-state index is 0.138. The van der Waals surface area contributed by atoms with Gasteiger partial charge in [-0.3, -0.25) is 9.69 Å². The molecule has 3 rings (SSSR count). The molecular weight excluding hydrogens is 260 g/mol. The highest BCUT2D eigenvalue weighted by Crippen LogP contribution is 2.21. The second-order valence-electron chi connectivity index (χ2n) is 5.48. The molecule has 0 saturated carbocycles. The molecule has 5 heteroatoms. The number of β-amino-alcohol motifs (C(OH)–C–C–N with tert-alkyl or cyclic N) is 1.